The molecule has 0 aliphatic carbocycles. The molecule has 0 saturated carbocycles. The summed E-state index contributed by atoms with van der Waals surface area (Å²) in [5, 5.41) is 11.6. The lowest BCUT2D eigenvalue weighted by molar-refractivity contribution is -0.138. The largest absolute Gasteiger partial charge is 0.506 e. The average Bonchev–Trinajstić information content (AvgIpc) is 2.82. The molecule has 0 atom stereocenters. The molecule has 0 saturated heterocycles. The molecule has 180 valence electrons. The van der Waals surface area contributed by atoms with Gasteiger partial charge in [-0.25, -0.2) is 4.79 Å². The van der Waals surface area contributed by atoms with Crippen LogP contribution >= 0.6 is 0 Å². The molecule has 0 aliphatic rings. The smallest absolute Gasteiger partial charge is 0.416 e. The number of hydrogen-bond donors (Lipinski definition) is 1. The first kappa shape index (κ1) is 24.1. The zero-order valence-corrected chi connectivity index (χ0v) is 18.0. The van der Waals surface area contributed by atoms with Crippen molar-refractivity contribution in [1.82, 2.24) is 0 Å². The van der Waals surface area contributed by atoms with Crippen LogP contribution in [-0.2, 0) is 17.1 Å². The quantitative estimate of drug-likeness (QED) is 0.236. The lowest BCUT2D eigenvalue weighted by atomic mass is 9.85. The maximum atomic E-state index is 13.1. The Labute approximate surface area is 195 Å². The molecule has 0 amide bonds. The van der Waals surface area contributed by atoms with Crippen molar-refractivity contribution < 1.29 is 41.0 Å². The van der Waals surface area contributed by atoms with Crippen LogP contribution < -0.4 is 0 Å². The summed E-state index contributed by atoms with van der Waals surface area (Å²) in [6, 6.07) is 14.4. The van der Waals surface area contributed by atoms with E-state index in [4.69, 9.17) is 4.74 Å². The van der Waals surface area contributed by atoms with Gasteiger partial charge in [0.1, 0.15) is 11.3 Å². The van der Waals surface area contributed by atoms with Crippen molar-refractivity contribution in [2.45, 2.75) is 12.4 Å². The third-order valence-corrected chi connectivity index (χ3v) is 5.58. The standard InChI is InChI=1S/C26H16F6O3/c1-35-24(34)22-21(15-8-12-17(13-9-15)26(30,31)32)20(18-4-2-3-5-19(18)23(22)33)14-6-10-16(11-7-14)25(27,28)29/h2-13,33H,1H3. The minimum absolute atomic E-state index is 0.0292. The number of carbonyl (C=O) groups is 1. The number of alkyl halides is 6. The average molecular weight is 490 g/mol. The second-order valence-electron chi connectivity index (χ2n) is 7.66. The van der Waals surface area contributed by atoms with Gasteiger partial charge in [-0.3, -0.25) is 0 Å². The summed E-state index contributed by atoms with van der Waals surface area (Å²) in [5.74, 6) is -1.42. The van der Waals surface area contributed by atoms with Gasteiger partial charge in [0.15, 0.2) is 0 Å². The van der Waals surface area contributed by atoms with E-state index in [0.717, 1.165) is 43.5 Å². The fourth-order valence-electron chi connectivity index (χ4n) is 3.96. The number of hydrogen-bond acceptors (Lipinski definition) is 3. The Bertz CT molecular complexity index is 1400. The van der Waals surface area contributed by atoms with E-state index in [-0.39, 0.29) is 33.2 Å². The lowest BCUT2D eigenvalue weighted by Gasteiger charge is -2.20. The van der Waals surface area contributed by atoms with Gasteiger partial charge in [0.25, 0.3) is 0 Å². The highest BCUT2D eigenvalue weighted by molar-refractivity contribution is 6.16. The minimum atomic E-state index is -4.61. The summed E-state index contributed by atoms with van der Waals surface area (Å²) in [4.78, 5) is 12.8. The van der Waals surface area contributed by atoms with E-state index in [0.29, 0.717) is 5.39 Å². The summed E-state index contributed by atoms with van der Waals surface area (Å²) >= 11 is 0. The van der Waals surface area contributed by atoms with Crippen LogP contribution in [0.1, 0.15) is 21.5 Å². The molecule has 3 nitrogen and oxygen atoms in total. The van der Waals surface area contributed by atoms with Gasteiger partial charge in [-0.1, -0.05) is 48.5 Å². The normalized spacial score (nSPS) is 12.1. The highest BCUT2D eigenvalue weighted by atomic mass is 19.4. The molecule has 0 spiro atoms. The number of carbonyl (C=O) groups excluding carboxylic acids is 1. The van der Waals surface area contributed by atoms with Gasteiger partial charge >= 0.3 is 18.3 Å². The summed E-state index contributed by atoms with van der Waals surface area (Å²) in [5.41, 5.74) is -1.46. The van der Waals surface area contributed by atoms with E-state index < -0.39 is 35.2 Å². The summed E-state index contributed by atoms with van der Waals surface area (Å²) in [7, 11) is 1.07. The molecule has 1 N–H and O–H groups in total. The predicted octanol–water partition coefficient (Wildman–Crippen LogP) is 7.70. The Hall–Kier alpha value is -4.01. The van der Waals surface area contributed by atoms with Crippen molar-refractivity contribution in [2.75, 3.05) is 7.11 Å². The second-order valence-corrected chi connectivity index (χ2v) is 7.66. The Morgan fingerprint density at radius 2 is 1.11 bits per heavy atom. The third-order valence-electron chi connectivity index (χ3n) is 5.58. The maximum absolute atomic E-state index is 13.1. The van der Waals surface area contributed by atoms with Crippen molar-refractivity contribution >= 4 is 16.7 Å². The van der Waals surface area contributed by atoms with Gasteiger partial charge in [0.2, 0.25) is 0 Å². The molecule has 9 heteroatoms. The minimum Gasteiger partial charge on any atom is -0.506 e. The van der Waals surface area contributed by atoms with E-state index in [1.54, 1.807) is 18.2 Å². The van der Waals surface area contributed by atoms with Crippen LogP contribution in [-0.4, -0.2) is 18.2 Å². The predicted molar refractivity (Wildman–Crippen MR) is 118 cm³/mol. The van der Waals surface area contributed by atoms with E-state index in [1.165, 1.54) is 18.2 Å². The van der Waals surface area contributed by atoms with Crippen molar-refractivity contribution in [1.29, 1.82) is 0 Å². The molecular weight excluding hydrogens is 474 g/mol. The van der Waals surface area contributed by atoms with Crippen molar-refractivity contribution in [3.05, 3.63) is 89.5 Å². The van der Waals surface area contributed by atoms with Gasteiger partial charge in [0.05, 0.1) is 18.2 Å². The van der Waals surface area contributed by atoms with Crippen LogP contribution in [0.15, 0.2) is 72.8 Å². The van der Waals surface area contributed by atoms with Crippen LogP contribution in [0.25, 0.3) is 33.0 Å². The molecule has 35 heavy (non-hydrogen) atoms. The molecule has 0 aromatic heterocycles. The first-order chi connectivity index (χ1) is 16.4. The molecule has 0 radical (unpaired) electrons. The zero-order valence-electron chi connectivity index (χ0n) is 18.0. The van der Waals surface area contributed by atoms with E-state index in [9.17, 15) is 36.2 Å². The summed E-state index contributed by atoms with van der Waals surface area (Å²) < 4.78 is 83.6. The number of phenols is 1. The number of halogens is 6. The fraction of sp³-hybridized carbons (Fsp3) is 0.115. The molecule has 0 bridgehead atoms. The molecule has 4 rings (SSSR count). The highest BCUT2D eigenvalue weighted by Crippen LogP contribution is 2.47. The highest BCUT2D eigenvalue weighted by Gasteiger charge is 2.32. The van der Waals surface area contributed by atoms with Crippen molar-refractivity contribution in [3.63, 3.8) is 0 Å². The molecule has 4 aromatic rings. The number of ether oxygens (including phenoxy) is 1. The maximum Gasteiger partial charge on any atom is 0.416 e. The van der Waals surface area contributed by atoms with Gasteiger partial charge in [0, 0.05) is 10.9 Å². The van der Waals surface area contributed by atoms with Crippen LogP contribution in [0.3, 0.4) is 0 Å². The van der Waals surface area contributed by atoms with E-state index in [1.807, 2.05) is 0 Å². The van der Waals surface area contributed by atoms with E-state index in [2.05, 4.69) is 0 Å². The first-order valence-electron chi connectivity index (χ1n) is 10.1. The molecule has 4 aromatic carbocycles. The second kappa shape index (κ2) is 8.65. The number of phenolic OH excluding ortho intramolecular Hbond substituents is 1. The fourth-order valence-corrected chi connectivity index (χ4v) is 3.96. The molecule has 0 heterocycles. The topological polar surface area (TPSA) is 46.5 Å². The van der Waals surface area contributed by atoms with Gasteiger partial charge in [-0.15, -0.1) is 0 Å². The van der Waals surface area contributed by atoms with Crippen molar-refractivity contribution in [2.24, 2.45) is 0 Å². The number of methoxy groups -OCH3 is 1. The Kier molecular flexibility index (Phi) is 5.96. The van der Waals surface area contributed by atoms with Crippen LogP contribution in [0.4, 0.5) is 26.3 Å². The van der Waals surface area contributed by atoms with Crippen molar-refractivity contribution in [3.8, 4) is 28.0 Å². The zero-order chi connectivity index (χ0) is 25.5. The monoisotopic (exact) mass is 490 g/mol. The lowest BCUT2D eigenvalue weighted by Crippen LogP contribution is -2.08. The Morgan fingerprint density at radius 1 is 0.686 bits per heavy atom. The van der Waals surface area contributed by atoms with Crippen LogP contribution in [0.2, 0.25) is 0 Å². The molecule has 0 unspecified atom stereocenters. The van der Waals surface area contributed by atoms with Crippen LogP contribution in [0.5, 0.6) is 5.75 Å². The first-order valence-corrected chi connectivity index (χ1v) is 10.1. The number of fused-ring (bicyclic) bond motifs is 1. The number of aromatic hydroxyl groups is 1. The number of rotatable bonds is 3. The van der Waals surface area contributed by atoms with Gasteiger partial charge < -0.3 is 9.84 Å². The molecule has 0 fully saturated rings. The number of benzene rings is 4. The summed E-state index contributed by atoms with van der Waals surface area (Å²) in [6.45, 7) is 0. The number of esters is 1. The Balaban J connectivity index is 2.11. The van der Waals surface area contributed by atoms with Gasteiger partial charge in [-0.2, -0.15) is 26.3 Å². The summed E-state index contributed by atoms with van der Waals surface area (Å²) in [6.07, 6.45) is -9.19. The molecular formula is C26H16F6O3. The third kappa shape index (κ3) is 4.41. The van der Waals surface area contributed by atoms with Crippen LogP contribution in [0, 0.1) is 0 Å². The SMILES string of the molecule is COC(=O)c1c(-c2ccc(C(F)(F)F)cc2)c(-c2ccc(C(F)(F)F)cc2)c2ccccc2c1O. The Morgan fingerprint density at radius 3 is 1.54 bits per heavy atom. The van der Waals surface area contributed by atoms with E-state index >= 15 is 0 Å². The molecule has 0 aliphatic heterocycles. The van der Waals surface area contributed by atoms with Gasteiger partial charge in [-0.05, 0) is 46.3 Å².